The molecule has 1 aromatic rings. The van der Waals surface area contributed by atoms with Crippen LogP contribution in [-0.4, -0.2) is 9.84 Å². The first kappa shape index (κ1) is 23.2. The largest absolute Gasteiger partial charge is 1.00 e. The van der Waals surface area contributed by atoms with E-state index >= 15 is 0 Å². The maximum Gasteiger partial charge on any atom is 0.125 e. The first-order valence-electron chi connectivity index (χ1n) is 9.00. The Hall–Kier alpha value is 0.170. The molecule has 0 saturated carbocycles. The van der Waals surface area contributed by atoms with Gasteiger partial charge in [-0.15, -0.1) is 0 Å². The smallest absolute Gasteiger partial charge is 0.125 e. The van der Waals surface area contributed by atoms with Crippen molar-refractivity contribution >= 4 is 25.6 Å². The third kappa shape index (κ3) is 13.2. The average molecular weight is 376 g/mol. The highest BCUT2D eigenvalue weighted by Crippen LogP contribution is 2.23. The van der Waals surface area contributed by atoms with Crippen LogP contribution >= 0.6 is 25.6 Å². The maximum absolute atomic E-state index is 4.69. The molecule has 0 unspecified atom stereocenters. The zero-order valence-corrected chi connectivity index (χ0v) is 17.1. The lowest BCUT2D eigenvalue weighted by Crippen LogP contribution is -3.00. The predicted molar refractivity (Wildman–Crippen MR) is 105 cm³/mol. The van der Waals surface area contributed by atoms with Gasteiger partial charge in [-0.25, -0.2) is 3.29 Å². The molecule has 0 radical (unpaired) electrons. The van der Waals surface area contributed by atoms with E-state index in [1.807, 2.05) is 0 Å². The number of unbranched alkanes of at least 4 members (excludes halogenated alkanes) is 9. The Bertz CT molecular complexity index is 371. The van der Waals surface area contributed by atoms with E-state index in [2.05, 4.69) is 37.3 Å². The van der Waals surface area contributed by atoms with Crippen molar-refractivity contribution < 1.29 is 15.7 Å². The summed E-state index contributed by atoms with van der Waals surface area (Å²) >= 11 is 9.38. The molecule has 0 bridgehead atoms. The van der Waals surface area contributed by atoms with Gasteiger partial charge in [-0.2, -0.15) is 0 Å². The fraction of sp³-hybridized carbons (Fsp3) is 0.684. The van der Waals surface area contributed by atoms with Gasteiger partial charge in [0, 0.05) is 5.56 Å². The molecule has 0 aromatic heterocycles. The van der Waals surface area contributed by atoms with Crippen LogP contribution in [0.25, 0.3) is 0 Å². The van der Waals surface area contributed by atoms with Gasteiger partial charge in [-0.3, -0.25) is 0 Å². The second-order valence-corrected chi connectivity index (χ2v) is 8.27. The van der Waals surface area contributed by atoms with Gasteiger partial charge in [0.05, 0.1) is 25.6 Å². The zero-order valence-electron chi connectivity index (χ0n) is 14.6. The topological polar surface area (TPSA) is 0 Å². The highest BCUT2D eigenvalue weighted by atomic mass is 35.5. The van der Waals surface area contributed by atoms with E-state index in [9.17, 15) is 0 Å². The highest BCUT2D eigenvalue weighted by Gasteiger charge is 2.19. The number of hydrogen-bond donors (Lipinski definition) is 2. The summed E-state index contributed by atoms with van der Waals surface area (Å²) in [6.45, 7) is 4.18. The summed E-state index contributed by atoms with van der Waals surface area (Å²) in [5, 5.41) is 0. The van der Waals surface area contributed by atoms with Crippen molar-refractivity contribution in [3.63, 3.8) is 0 Å². The Balaban J connectivity index is 0.00000484. The van der Waals surface area contributed by atoms with Crippen LogP contribution in [0.3, 0.4) is 0 Å². The molecule has 1 rings (SSSR count). The van der Waals surface area contributed by atoms with Gasteiger partial charge in [0.2, 0.25) is 0 Å². The maximum atomic E-state index is 4.69. The number of halogens is 1. The minimum absolute atomic E-state index is 0. The molecular formula is C19H34ClNS2. The van der Waals surface area contributed by atoms with Crippen LogP contribution in [0.4, 0.5) is 0 Å². The van der Waals surface area contributed by atoms with Gasteiger partial charge in [-0.05, 0) is 12.8 Å². The van der Waals surface area contributed by atoms with Crippen molar-refractivity contribution in [2.75, 3.05) is 6.54 Å². The van der Waals surface area contributed by atoms with Crippen LogP contribution in [0.15, 0.2) is 30.3 Å². The van der Waals surface area contributed by atoms with Gasteiger partial charge in [0.1, 0.15) is 13.1 Å². The van der Waals surface area contributed by atoms with E-state index in [1.54, 1.807) is 0 Å². The SMILES string of the molecule is CCCCCCCCCCCC[N+](S)(S)Cc1ccccc1.[Cl-]. The van der Waals surface area contributed by atoms with Crippen molar-refractivity contribution in [1.82, 2.24) is 0 Å². The van der Waals surface area contributed by atoms with E-state index in [-0.39, 0.29) is 12.4 Å². The molecule has 4 heteroatoms. The van der Waals surface area contributed by atoms with Crippen molar-refractivity contribution in [2.45, 2.75) is 77.7 Å². The van der Waals surface area contributed by atoms with Crippen LogP contribution in [0.2, 0.25) is 0 Å². The summed E-state index contributed by atoms with van der Waals surface area (Å²) in [4.78, 5) is 0. The highest BCUT2D eigenvalue weighted by molar-refractivity contribution is 7.87. The number of rotatable bonds is 13. The lowest BCUT2D eigenvalue weighted by Gasteiger charge is -2.24. The fourth-order valence-electron chi connectivity index (χ4n) is 2.81. The standard InChI is InChI=1S/C19H34NS2.ClH/c1-2-3-4-5-6-7-8-9-10-14-17-20(21,22)18-19-15-12-11-13-16-19;/h11-13,15-16,21-22H,2-10,14,17-18H2,1H3;1H/q+1;/p-1. The molecule has 23 heavy (non-hydrogen) atoms. The quantitative estimate of drug-likeness (QED) is 0.293. The molecular weight excluding hydrogens is 342 g/mol. The third-order valence-corrected chi connectivity index (χ3v) is 4.83. The van der Waals surface area contributed by atoms with Crippen molar-refractivity contribution in [3.05, 3.63) is 35.9 Å². The number of quaternary nitrogens is 1. The van der Waals surface area contributed by atoms with Crippen molar-refractivity contribution in [2.24, 2.45) is 0 Å². The molecule has 0 saturated heterocycles. The minimum Gasteiger partial charge on any atom is -1.00 e. The fourth-order valence-corrected chi connectivity index (χ4v) is 3.42. The van der Waals surface area contributed by atoms with E-state index in [4.69, 9.17) is 25.6 Å². The van der Waals surface area contributed by atoms with Gasteiger partial charge in [0.15, 0.2) is 0 Å². The lowest BCUT2D eigenvalue weighted by molar-refractivity contribution is -0.656. The number of thiol groups is 2. The molecule has 1 aromatic carbocycles. The van der Waals surface area contributed by atoms with Gasteiger partial charge >= 0.3 is 0 Å². The Kier molecular flexibility index (Phi) is 14.6. The second-order valence-electron chi connectivity index (χ2n) is 6.43. The molecule has 0 N–H and O–H groups in total. The first-order chi connectivity index (χ1) is 10.6. The summed E-state index contributed by atoms with van der Waals surface area (Å²) in [6.07, 6.45) is 13.7. The molecule has 0 fully saturated rings. The predicted octanol–water partition coefficient (Wildman–Crippen LogP) is 3.62. The molecule has 0 aliphatic rings. The van der Waals surface area contributed by atoms with E-state index < -0.39 is 0 Å². The number of benzene rings is 1. The second kappa shape index (κ2) is 14.5. The number of hydrogen-bond acceptors (Lipinski definition) is 2. The Morgan fingerprint density at radius 2 is 1.22 bits per heavy atom. The Labute approximate surface area is 161 Å². The van der Waals surface area contributed by atoms with Gasteiger partial charge in [0.25, 0.3) is 0 Å². The van der Waals surface area contributed by atoms with Crippen molar-refractivity contribution in [1.29, 1.82) is 0 Å². The van der Waals surface area contributed by atoms with Crippen LogP contribution in [-0.2, 0) is 6.54 Å². The summed E-state index contributed by atoms with van der Waals surface area (Å²) < 4.78 is 0.501. The normalized spacial score (nSPS) is 11.3. The number of nitrogens with zero attached hydrogens (tertiary/aromatic N) is 1. The van der Waals surface area contributed by atoms with Gasteiger partial charge < -0.3 is 12.4 Å². The summed E-state index contributed by atoms with van der Waals surface area (Å²) in [5.41, 5.74) is 1.31. The molecule has 0 heterocycles. The third-order valence-electron chi connectivity index (χ3n) is 4.15. The average Bonchev–Trinajstić information content (AvgIpc) is 2.49. The molecule has 0 spiro atoms. The van der Waals surface area contributed by atoms with Crippen LogP contribution < -0.4 is 12.4 Å². The Morgan fingerprint density at radius 3 is 1.74 bits per heavy atom. The molecule has 134 valence electrons. The van der Waals surface area contributed by atoms with Crippen molar-refractivity contribution in [3.8, 4) is 0 Å². The monoisotopic (exact) mass is 375 g/mol. The van der Waals surface area contributed by atoms with Crippen LogP contribution in [0.5, 0.6) is 0 Å². The minimum atomic E-state index is 0. The Morgan fingerprint density at radius 1 is 0.739 bits per heavy atom. The summed E-state index contributed by atoms with van der Waals surface area (Å²) in [6, 6.07) is 10.5. The van der Waals surface area contributed by atoms with E-state index in [0.717, 1.165) is 13.1 Å². The van der Waals surface area contributed by atoms with Crippen LogP contribution in [0.1, 0.15) is 76.7 Å². The van der Waals surface area contributed by atoms with Gasteiger partial charge in [-0.1, -0.05) is 88.6 Å². The molecule has 0 amide bonds. The summed E-state index contributed by atoms with van der Waals surface area (Å²) in [7, 11) is 0. The van der Waals surface area contributed by atoms with E-state index in [0.29, 0.717) is 3.29 Å². The zero-order chi connectivity index (χ0) is 16.1. The summed E-state index contributed by atoms with van der Waals surface area (Å²) in [5.74, 6) is 0. The lowest BCUT2D eigenvalue weighted by atomic mass is 10.1. The van der Waals surface area contributed by atoms with Crippen LogP contribution in [0, 0.1) is 0 Å². The van der Waals surface area contributed by atoms with E-state index in [1.165, 1.54) is 69.8 Å². The molecule has 0 aliphatic heterocycles. The molecule has 0 aliphatic carbocycles. The molecule has 1 nitrogen and oxygen atoms in total. The first-order valence-corrected chi connectivity index (χ1v) is 9.80. The molecule has 0 atom stereocenters.